The van der Waals surface area contributed by atoms with Crippen LogP contribution in [0.4, 0.5) is 0 Å². The molecular formula is C25H28N3O8P. The first-order valence-corrected chi connectivity index (χ1v) is 13.2. The molecular weight excluding hydrogens is 501 g/mol. The van der Waals surface area contributed by atoms with Gasteiger partial charge in [0.2, 0.25) is 0 Å². The Kier molecular flexibility index (Phi) is 8.09. The molecule has 4 rings (SSSR count). The highest BCUT2D eigenvalue weighted by atomic mass is 31.2. The molecule has 0 bridgehead atoms. The van der Waals surface area contributed by atoms with Gasteiger partial charge in [-0.25, -0.2) is 9.36 Å². The molecule has 0 saturated heterocycles. The molecule has 37 heavy (non-hydrogen) atoms. The maximum Gasteiger partial charge on any atom is 0.459 e. The van der Waals surface area contributed by atoms with Gasteiger partial charge in [-0.05, 0) is 38.3 Å². The van der Waals surface area contributed by atoms with Gasteiger partial charge < -0.3 is 14.0 Å². The van der Waals surface area contributed by atoms with Gasteiger partial charge >= 0.3 is 19.4 Å². The summed E-state index contributed by atoms with van der Waals surface area (Å²) in [6.07, 6.45) is 2.73. The maximum absolute atomic E-state index is 13.9. The predicted octanol–water partition coefficient (Wildman–Crippen LogP) is 3.28. The van der Waals surface area contributed by atoms with Crippen LogP contribution in [0.15, 0.2) is 76.5 Å². The summed E-state index contributed by atoms with van der Waals surface area (Å²) in [6, 6.07) is 12.9. The molecule has 0 saturated carbocycles. The lowest BCUT2D eigenvalue weighted by molar-refractivity contribution is -0.149. The third-order valence-electron chi connectivity index (χ3n) is 5.36. The van der Waals surface area contributed by atoms with E-state index in [1.54, 1.807) is 38.1 Å². The normalized spacial score (nSPS) is 19.6. The Morgan fingerprint density at radius 1 is 1.11 bits per heavy atom. The predicted molar refractivity (Wildman–Crippen MR) is 136 cm³/mol. The summed E-state index contributed by atoms with van der Waals surface area (Å²) in [4.78, 5) is 38.0. The van der Waals surface area contributed by atoms with Crippen LogP contribution in [0.2, 0.25) is 0 Å². The van der Waals surface area contributed by atoms with Crippen molar-refractivity contribution in [1.82, 2.24) is 14.6 Å². The van der Waals surface area contributed by atoms with Gasteiger partial charge in [-0.1, -0.05) is 42.5 Å². The average molecular weight is 529 g/mol. The van der Waals surface area contributed by atoms with Crippen molar-refractivity contribution >= 4 is 24.5 Å². The molecule has 1 unspecified atom stereocenters. The number of H-pyrrole nitrogens is 1. The van der Waals surface area contributed by atoms with Crippen LogP contribution in [0.25, 0.3) is 10.8 Å². The molecule has 0 aliphatic carbocycles. The fourth-order valence-electron chi connectivity index (χ4n) is 3.66. The van der Waals surface area contributed by atoms with E-state index >= 15 is 0 Å². The Bertz CT molecular complexity index is 1460. The zero-order valence-corrected chi connectivity index (χ0v) is 21.4. The van der Waals surface area contributed by atoms with Crippen molar-refractivity contribution in [3.05, 3.63) is 87.7 Å². The number of hydrogen-bond acceptors (Lipinski definition) is 8. The molecule has 1 aliphatic heterocycles. The number of nitrogens with zero attached hydrogens (tertiary/aromatic N) is 1. The summed E-state index contributed by atoms with van der Waals surface area (Å²) in [5.41, 5.74) is -1.15. The van der Waals surface area contributed by atoms with Crippen LogP contribution in [0.1, 0.15) is 27.0 Å². The molecule has 196 valence electrons. The highest BCUT2D eigenvalue weighted by Crippen LogP contribution is 2.47. The van der Waals surface area contributed by atoms with Crippen LogP contribution >= 0.6 is 7.75 Å². The molecule has 2 aromatic carbocycles. The van der Waals surface area contributed by atoms with Gasteiger partial charge in [-0.3, -0.25) is 23.7 Å². The summed E-state index contributed by atoms with van der Waals surface area (Å²) in [5.74, 6) is -0.311. The lowest BCUT2D eigenvalue weighted by atomic mass is 10.1. The van der Waals surface area contributed by atoms with Gasteiger partial charge in [0.25, 0.3) is 5.56 Å². The van der Waals surface area contributed by atoms with E-state index in [4.69, 9.17) is 18.5 Å². The summed E-state index contributed by atoms with van der Waals surface area (Å²) in [7, 11) is -4.14. The average Bonchev–Trinajstić information content (AvgIpc) is 3.31. The van der Waals surface area contributed by atoms with Gasteiger partial charge in [0.1, 0.15) is 17.9 Å². The Labute approximate surface area is 212 Å². The molecule has 11 nitrogen and oxygen atoms in total. The molecule has 2 N–H and O–H groups in total. The summed E-state index contributed by atoms with van der Waals surface area (Å²) in [6.45, 7) is 4.70. The van der Waals surface area contributed by atoms with Crippen LogP contribution in [0, 0.1) is 0 Å². The monoisotopic (exact) mass is 529 g/mol. The Morgan fingerprint density at radius 3 is 2.62 bits per heavy atom. The summed E-state index contributed by atoms with van der Waals surface area (Å²) < 4.78 is 37.7. The van der Waals surface area contributed by atoms with Crippen molar-refractivity contribution in [2.45, 2.75) is 45.2 Å². The van der Waals surface area contributed by atoms with E-state index in [1.165, 1.54) is 23.8 Å². The fraction of sp³-hybridized carbons (Fsp3) is 0.320. The Morgan fingerprint density at radius 2 is 1.86 bits per heavy atom. The van der Waals surface area contributed by atoms with E-state index in [9.17, 15) is 18.9 Å². The molecule has 1 aromatic heterocycles. The minimum absolute atomic E-state index is 0.216. The van der Waals surface area contributed by atoms with Gasteiger partial charge in [0.05, 0.1) is 12.7 Å². The molecule has 1 aliphatic rings. The van der Waals surface area contributed by atoms with Gasteiger partial charge in [-0.15, -0.1) is 0 Å². The number of carbonyl (C=O) groups is 1. The van der Waals surface area contributed by atoms with E-state index in [-0.39, 0.29) is 12.7 Å². The number of hydrogen-bond donors (Lipinski definition) is 2. The molecule has 0 radical (unpaired) electrons. The lowest BCUT2D eigenvalue weighted by Gasteiger charge is -2.25. The lowest BCUT2D eigenvalue weighted by Crippen LogP contribution is -2.36. The number of carbonyl (C=O) groups excluding carboxylic acids is 1. The van der Waals surface area contributed by atoms with Gasteiger partial charge in [0.15, 0.2) is 6.23 Å². The van der Waals surface area contributed by atoms with E-state index in [0.29, 0.717) is 11.1 Å². The third kappa shape index (κ3) is 6.64. The van der Waals surface area contributed by atoms with E-state index in [2.05, 4.69) is 10.1 Å². The van der Waals surface area contributed by atoms with Crippen molar-refractivity contribution in [3.8, 4) is 5.75 Å². The molecule has 12 heteroatoms. The summed E-state index contributed by atoms with van der Waals surface area (Å²) in [5, 5.41) is 4.24. The highest BCUT2D eigenvalue weighted by Gasteiger charge is 2.34. The standard InChI is InChI=1S/C25H28N3O8P/c1-16(2)34-24(30)17(3)27-37(32,36-21-10-6-8-18-7-4-5-9-20(18)21)33-15-19-11-12-23(35-19)28-14-13-22(29)26-25(28)31/h4-14,16-17,19,23H,15H2,1-3H3,(H,27,32)(H,26,29,31)/t17-,19-,23+,37?/m0/s1. The van der Waals surface area contributed by atoms with Crippen LogP contribution in [0.3, 0.4) is 0 Å². The molecule has 0 spiro atoms. The third-order valence-corrected chi connectivity index (χ3v) is 6.99. The quantitative estimate of drug-likeness (QED) is 0.230. The SMILES string of the molecule is CC(C)OC(=O)[C@H](C)NP(=O)(OC[C@@H]1C=C[C@H](n2ccc(=O)[nH]c2=O)O1)Oc1cccc2ccccc12. The van der Waals surface area contributed by atoms with E-state index < -0.39 is 43.3 Å². The molecule has 0 fully saturated rings. The first-order valence-electron chi connectivity index (χ1n) is 11.7. The topological polar surface area (TPSA) is 138 Å². The molecule has 0 amide bonds. The van der Waals surface area contributed by atoms with Crippen molar-refractivity contribution in [2.75, 3.05) is 6.61 Å². The number of nitrogens with one attached hydrogen (secondary N) is 2. The minimum atomic E-state index is -4.14. The number of aromatic nitrogens is 2. The first kappa shape index (κ1) is 26.6. The van der Waals surface area contributed by atoms with Crippen LogP contribution in [-0.2, 0) is 23.4 Å². The molecule has 2 heterocycles. The number of fused-ring (bicyclic) bond motifs is 1. The smallest absolute Gasteiger partial charge is 0.459 e. The number of esters is 1. The van der Waals surface area contributed by atoms with E-state index in [1.807, 2.05) is 30.3 Å². The van der Waals surface area contributed by atoms with Gasteiger partial charge in [-0.2, -0.15) is 5.09 Å². The van der Waals surface area contributed by atoms with Crippen molar-refractivity contribution in [1.29, 1.82) is 0 Å². The van der Waals surface area contributed by atoms with Gasteiger partial charge in [0, 0.05) is 17.6 Å². The van der Waals surface area contributed by atoms with Crippen molar-refractivity contribution < 1.29 is 27.9 Å². The Hall–Kier alpha value is -3.50. The second kappa shape index (κ2) is 11.3. The van der Waals surface area contributed by atoms with E-state index in [0.717, 1.165) is 5.39 Å². The maximum atomic E-state index is 13.9. The van der Waals surface area contributed by atoms with Crippen molar-refractivity contribution in [2.24, 2.45) is 0 Å². The zero-order valence-electron chi connectivity index (χ0n) is 20.5. The number of benzene rings is 2. The largest absolute Gasteiger partial charge is 0.462 e. The van der Waals surface area contributed by atoms with Crippen LogP contribution in [-0.4, -0.2) is 40.4 Å². The number of aromatic amines is 1. The second-order valence-electron chi connectivity index (χ2n) is 8.67. The number of rotatable bonds is 10. The van der Waals surface area contributed by atoms with Crippen LogP contribution in [0.5, 0.6) is 5.75 Å². The minimum Gasteiger partial charge on any atom is -0.462 e. The fourth-order valence-corrected chi connectivity index (χ4v) is 5.18. The van der Waals surface area contributed by atoms with Crippen LogP contribution < -0.4 is 20.9 Å². The zero-order chi connectivity index (χ0) is 26.6. The first-order chi connectivity index (χ1) is 17.6. The summed E-state index contributed by atoms with van der Waals surface area (Å²) >= 11 is 0. The Balaban J connectivity index is 1.52. The van der Waals surface area contributed by atoms with Crippen molar-refractivity contribution in [3.63, 3.8) is 0 Å². The highest BCUT2D eigenvalue weighted by molar-refractivity contribution is 7.52. The molecule has 4 atom stereocenters. The number of ether oxygens (including phenoxy) is 2. The molecule has 3 aromatic rings. The second-order valence-corrected chi connectivity index (χ2v) is 10.4.